The fraction of sp³-hybridized carbons (Fsp3) is 0.222. The minimum Gasteiger partial charge on any atom is -0.508 e. The molecule has 0 spiro atoms. The first-order valence-electron chi connectivity index (χ1n) is 6.89. The van der Waals surface area contributed by atoms with E-state index < -0.39 is 0 Å². The highest BCUT2D eigenvalue weighted by atomic mass is 16.3. The van der Waals surface area contributed by atoms with Crippen molar-refractivity contribution >= 4 is 0 Å². The van der Waals surface area contributed by atoms with E-state index in [2.05, 4.69) is 12.1 Å². The van der Waals surface area contributed by atoms with Gasteiger partial charge in [-0.05, 0) is 47.2 Å². The van der Waals surface area contributed by atoms with Crippen LogP contribution < -0.4 is 0 Å². The molecule has 0 radical (unpaired) electrons. The average Bonchev–Trinajstić information content (AvgIpc) is 2.51. The molecule has 2 aromatic carbocycles. The van der Waals surface area contributed by atoms with Crippen LogP contribution >= 0.6 is 0 Å². The van der Waals surface area contributed by atoms with Gasteiger partial charge in [-0.3, -0.25) is 0 Å². The summed E-state index contributed by atoms with van der Waals surface area (Å²) in [4.78, 5) is 0. The molecule has 0 bridgehead atoms. The van der Waals surface area contributed by atoms with Gasteiger partial charge in [0, 0.05) is 6.42 Å². The topological polar surface area (TPSA) is 67.8 Å². The van der Waals surface area contributed by atoms with E-state index in [0.717, 1.165) is 28.7 Å². The number of aromatic hydroxyl groups is 1. The molecule has 1 N–H and O–H groups in total. The van der Waals surface area contributed by atoms with Crippen LogP contribution in [-0.4, -0.2) is 5.11 Å². The molecule has 0 fully saturated rings. The van der Waals surface area contributed by atoms with Crippen LogP contribution in [0.25, 0.3) is 11.1 Å². The van der Waals surface area contributed by atoms with Crippen LogP contribution in [0.4, 0.5) is 0 Å². The third-order valence-corrected chi connectivity index (χ3v) is 3.38. The molecule has 0 aliphatic rings. The number of nitrogens with zero attached hydrogens (tertiary/aromatic N) is 2. The Balaban J connectivity index is 2.22. The van der Waals surface area contributed by atoms with E-state index >= 15 is 0 Å². The lowest BCUT2D eigenvalue weighted by Gasteiger charge is -2.08. The van der Waals surface area contributed by atoms with E-state index in [1.165, 1.54) is 0 Å². The van der Waals surface area contributed by atoms with E-state index in [1.54, 1.807) is 6.07 Å². The summed E-state index contributed by atoms with van der Waals surface area (Å²) in [5.74, 6) is 0.276. The number of aryl methyl sites for hydroxylation is 1. The zero-order chi connectivity index (χ0) is 15.1. The maximum atomic E-state index is 9.88. The molecule has 3 nitrogen and oxygen atoms in total. The molecule has 0 aromatic heterocycles. The Morgan fingerprint density at radius 3 is 2.29 bits per heavy atom. The van der Waals surface area contributed by atoms with Crippen molar-refractivity contribution in [2.45, 2.75) is 25.7 Å². The summed E-state index contributed by atoms with van der Waals surface area (Å²) in [5, 5.41) is 27.1. The lowest BCUT2D eigenvalue weighted by molar-refractivity contribution is 0.467. The van der Waals surface area contributed by atoms with Gasteiger partial charge in [-0.15, -0.1) is 0 Å². The van der Waals surface area contributed by atoms with Gasteiger partial charge in [-0.2, -0.15) is 10.5 Å². The third-order valence-electron chi connectivity index (χ3n) is 3.38. The Morgan fingerprint density at radius 1 is 0.905 bits per heavy atom. The van der Waals surface area contributed by atoms with Crippen molar-refractivity contribution in [2.24, 2.45) is 0 Å². The summed E-state index contributed by atoms with van der Waals surface area (Å²) in [6.07, 6.45) is 2.34. The normalized spacial score (nSPS) is 9.81. The molecule has 21 heavy (non-hydrogen) atoms. The maximum absolute atomic E-state index is 9.88. The molecule has 3 heteroatoms. The highest BCUT2D eigenvalue weighted by Gasteiger charge is 2.05. The molecule has 0 saturated heterocycles. The van der Waals surface area contributed by atoms with Crippen molar-refractivity contribution in [1.29, 1.82) is 10.5 Å². The van der Waals surface area contributed by atoms with Crippen LogP contribution in [0, 0.1) is 22.7 Å². The predicted molar refractivity (Wildman–Crippen MR) is 81.4 cm³/mol. The summed E-state index contributed by atoms with van der Waals surface area (Å²) < 4.78 is 0. The largest absolute Gasteiger partial charge is 0.508 e. The fourth-order valence-electron chi connectivity index (χ4n) is 2.23. The van der Waals surface area contributed by atoms with Crippen molar-refractivity contribution in [3.63, 3.8) is 0 Å². The summed E-state index contributed by atoms with van der Waals surface area (Å²) >= 11 is 0. The first-order chi connectivity index (χ1) is 10.2. The standard InChI is InChI=1S/C18H16N2O/c19-11-2-1-3-17-13-16(8-9-18(17)21)15-6-4-14(5-7-15)10-12-20/h4-9,13,21H,1-3,10H2. The van der Waals surface area contributed by atoms with Gasteiger partial charge >= 0.3 is 0 Å². The Labute approximate surface area is 124 Å². The number of phenols is 1. The van der Waals surface area contributed by atoms with E-state index in [1.807, 2.05) is 36.4 Å². The van der Waals surface area contributed by atoms with Crippen LogP contribution in [0.1, 0.15) is 24.0 Å². The van der Waals surface area contributed by atoms with Crippen LogP contribution in [-0.2, 0) is 12.8 Å². The number of rotatable bonds is 5. The number of unbranched alkanes of at least 4 members (excludes halogenated alkanes) is 1. The van der Waals surface area contributed by atoms with E-state index in [4.69, 9.17) is 10.5 Å². The van der Waals surface area contributed by atoms with Crippen molar-refractivity contribution < 1.29 is 5.11 Å². The Kier molecular flexibility index (Phi) is 4.96. The van der Waals surface area contributed by atoms with Gasteiger partial charge < -0.3 is 5.11 Å². The molecular weight excluding hydrogens is 260 g/mol. The molecule has 0 aliphatic carbocycles. The third kappa shape index (κ3) is 3.84. The van der Waals surface area contributed by atoms with Crippen molar-refractivity contribution in [3.8, 4) is 29.0 Å². The van der Waals surface area contributed by atoms with Gasteiger partial charge in [-0.1, -0.05) is 30.3 Å². The van der Waals surface area contributed by atoms with E-state index in [9.17, 15) is 5.11 Å². The second-order valence-electron chi connectivity index (χ2n) is 4.89. The van der Waals surface area contributed by atoms with Gasteiger partial charge in [0.05, 0.1) is 18.6 Å². The van der Waals surface area contributed by atoms with Crippen LogP contribution in [0.15, 0.2) is 42.5 Å². The molecular formula is C18H16N2O. The van der Waals surface area contributed by atoms with E-state index in [-0.39, 0.29) is 5.75 Å². The second kappa shape index (κ2) is 7.12. The Morgan fingerprint density at radius 2 is 1.62 bits per heavy atom. The number of benzene rings is 2. The van der Waals surface area contributed by atoms with Gasteiger partial charge in [-0.25, -0.2) is 0 Å². The molecule has 2 aromatic rings. The first kappa shape index (κ1) is 14.6. The van der Waals surface area contributed by atoms with Crippen molar-refractivity contribution in [3.05, 3.63) is 53.6 Å². The minimum atomic E-state index is 0.276. The zero-order valence-electron chi connectivity index (χ0n) is 11.7. The SMILES string of the molecule is N#CCCCc1cc(-c2ccc(CC#N)cc2)ccc1O. The van der Waals surface area contributed by atoms with Gasteiger partial charge in [0.2, 0.25) is 0 Å². The smallest absolute Gasteiger partial charge is 0.118 e. The molecule has 0 saturated carbocycles. The summed E-state index contributed by atoms with van der Waals surface area (Å²) in [7, 11) is 0. The Bertz CT molecular complexity index is 691. The van der Waals surface area contributed by atoms with Crippen LogP contribution in [0.2, 0.25) is 0 Å². The number of phenolic OH excluding ortho intramolecular Hbond substituents is 1. The van der Waals surface area contributed by atoms with Gasteiger partial charge in [0.1, 0.15) is 5.75 Å². The summed E-state index contributed by atoms with van der Waals surface area (Å²) in [5.41, 5.74) is 3.94. The number of hydrogen-bond acceptors (Lipinski definition) is 3. The fourth-order valence-corrected chi connectivity index (χ4v) is 2.23. The quantitative estimate of drug-likeness (QED) is 0.840. The summed E-state index contributed by atoms with van der Waals surface area (Å²) in [6.45, 7) is 0. The lowest BCUT2D eigenvalue weighted by atomic mass is 9.98. The predicted octanol–water partition coefficient (Wildman–Crippen LogP) is 3.97. The average molecular weight is 276 g/mol. The van der Waals surface area contributed by atoms with Crippen LogP contribution in [0.5, 0.6) is 5.75 Å². The summed E-state index contributed by atoms with van der Waals surface area (Å²) in [6, 6.07) is 17.6. The van der Waals surface area contributed by atoms with Crippen molar-refractivity contribution in [2.75, 3.05) is 0 Å². The molecule has 0 heterocycles. The minimum absolute atomic E-state index is 0.276. The lowest BCUT2D eigenvalue weighted by Crippen LogP contribution is -1.88. The maximum Gasteiger partial charge on any atom is 0.118 e. The zero-order valence-corrected chi connectivity index (χ0v) is 11.7. The molecule has 0 unspecified atom stereocenters. The molecule has 0 amide bonds. The molecule has 0 aliphatic heterocycles. The highest BCUT2D eigenvalue weighted by Crippen LogP contribution is 2.27. The van der Waals surface area contributed by atoms with Gasteiger partial charge in [0.25, 0.3) is 0 Å². The molecule has 2 rings (SSSR count). The monoisotopic (exact) mass is 276 g/mol. The van der Waals surface area contributed by atoms with E-state index in [0.29, 0.717) is 19.3 Å². The second-order valence-corrected chi connectivity index (χ2v) is 4.89. The number of nitriles is 2. The first-order valence-corrected chi connectivity index (χ1v) is 6.89. The van der Waals surface area contributed by atoms with Gasteiger partial charge in [0.15, 0.2) is 0 Å². The Hall–Kier alpha value is -2.78. The number of hydrogen-bond donors (Lipinski definition) is 1. The van der Waals surface area contributed by atoms with Crippen molar-refractivity contribution in [1.82, 2.24) is 0 Å². The van der Waals surface area contributed by atoms with Crippen LogP contribution in [0.3, 0.4) is 0 Å². The molecule has 104 valence electrons. The molecule has 0 atom stereocenters. The highest BCUT2D eigenvalue weighted by molar-refractivity contribution is 5.66.